The number of carbonyl (C=O) groups is 1. The van der Waals surface area contributed by atoms with Crippen molar-refractivity contribution >= 4 is 34.1 Å². The zero-order valence-electron chi connectivity index (χ0n) is 15.7. The van der Waals surface area contributed by atoms with Crippen LogP contribution in [0, 0.1) is 0 Å². The molecule has 1 aliphatic heterocycles. The number of rotatable bonds is 7. The van der Waals surface area contributed by atoms with E-state index >= 15 is 0 Å². The highest BCUT2D eigenvalue weighted by atomic mass is 32.1. The number of hydrogen-bond acceptors (Lipinski definition) is 5. The summed E-state index contributed by atoms with van der Waals surface area (Å²) >= 11 is 1.45. The molecule has 2 aromatic heterocycles. The number of hydrogen-bond donors (Lipinski definition) is 1. The largest absolute Gasteiger partial charge is 0.390 e. The zero-order valence-corrected chi connectivity index (χ0v) is 16.5. The van der Waals surface area contributed by atoms with Gasteiger partial charge in [-0.15, -0.1) is 11.3 Å². The Morgan fingerprint density at radius 2 is 2.00 bits per heavy atom. The van der Waals surface area contributed by atoms with E-state index in [-0.39, 0.29) is 5.78 Å². The van der Waals surface area contributed by atoms with E-state index in [0.717, 1.165) is 47.6 Å². The fourth-order valence-corrected chi connectivity index (χ4v) is 4.24. The quantitative estimate of drug-likeness (QED) is 0.492. The van der Waals surface area contributed by atoms with Crippen LogP contribution in [0.25, 0.3) is 17.0 Å². The van der Waals surface area contributed by atoms with Gasteiger partial charge < -0.3 is 14.4 Å². The lowest BCUT2D eigenvalue weighted by molar-refractivity contribution is 0.0117. The summed E-state index contributed by atoms with van der Waals surface area (Å²) in [6.07, 6.45) is 5.06. The van der Waals surface area contributed by atoms with Gasteiger partial charge in [-0.2, -0.15) is 0 Å². The van der Waals surface area contributed by atoms with Crippen LogP contribution in [-0.4, -0.2) is 59.3 Å². The Morgan fingerprint density at radius 3 is 2.79 bits per heavy atom. The monoisotopic (exact) mass is 396 g/mol. The number of aliphatic hydroxyl groups excluding tert-OH is 1. The number of para-hydroxylation sites is 1. The molecule has 1 fully saturated rings. The molecule has 0 aliphatic carbocycles. The number of carbonyl (C=O) groups excluding carboxylic acids is 1. The number of aromatic nitrogens is 1. The Labute approximate surface area is 168 Å². The lowest BCUT2D eigenvalue weighted by atomic mass is 10.1. The Balaban J connectivity index is 1.51. The summed E-state index contributed by atoms with van der Waals surface area (Å²) in [6.45, 7) is 4.34. The molecule has 0 spiro atoms. The molecule has 4 rings (SSSR count). The Kier molecular flexibility index (Phi) is 6.02. The van der Waals surface area contributed by atoms with Gasteiger partial charge in [0.2, 0.25) is 0 Å². The Hall–Kier alpha value is -2.25. The molecule has 1 atom stereocenters. The minimum absolute atomic E-state index is 0.0131. The summed E-state index contributed by atoms with van der Waals surface area (Å²) in [7, 11) is 0. The van der Waals surface area contributed by atoms with Crippen LogP contribution < -0.4 is 0 Å². The van der Waals surface area contributed by atoms with Gasteiger partial charge in [-0.1, -0.05) is 24.3 Å². The van der Waals surface area contributed by atoms with E-state index in [4.69, 9.17) is 4.74 Å². The molecule has 1 saturated heterocycles. The zero-order chi connectivity index (χ0) is 19.3. The van der Waals surface area contributed by atoms with Crippen LogP contribution in [0.2, 0.25) is 0 Å². The minimum atomic E-state index is -0.460. The van der Waals surface area contributed by atoms with Crippen molar-refractivity contribution in [1.29, 1.82) is 0 Å². The second kappa shape index (κ2) is 8.84. The lowest BCUT2D eigenvalue weighted by Gasteiger charge is -2.28. The maximum Gasteiger partial charge on any atom is 0.195 e. The van der Waals surface area contributed by atoms with Crippen molar-refractivity contribution in [3.8, 4) is 0 Å². The van der Waals surface area contributed by atoms with Gasteiger partial charge in [0.05, 0.1) is 24.2 Å². The second-order valence-corrected chi connectivity index (χ2v) is 7.94. The van der Waals surface area contributed by atoms with Crippen LogP contribution in [0.3, 0.4) is 0 Å². The first-order chi connectivity index (χ1) is 13.7. The first kappa shape index (κ1) is 19.1. The van der Waals surface area contributed by atoms with E-state index in [0.29, 0.717) is 13.1 Å². The third kappa shape index (κ3) is 4.42. The molecule has 1 N–H and O–H groups in total. The second-order valence-electron chi connectivity index (χ2n) is 7.00. The van der Waals surface area contributed by atoms with Gasteiger partial charge in [0.25, 0.3) is 0 Å². The summed E-state index contributed by atoms with van der Waals surface area (Å²) in [6, 6.07) is 11.8. The minimum Gasteiger partial charge on any atom is -0.390 e. The fraction of sp³-hybridized carbons (Fsp3) is 0.318. The normalized spacial score (nSPS) is 16.8. The van der Waals surface area contributed by atoms with E-state index in [1.165, 1.54) is 11.3 Å². The highest BCUT2D eigenvalue weighted by Gasteiger charge is 2.16. The van der Waals surface area contributed by atoms with Crippen LogP contribution in [0.5, 0.6) is 0 Å². The van der Waals surface area contributed by atoms with Crippen LogP contribution in [0.1, 0.15) is 15.2 Å². The fourth-order valence-electron chi connectivity index (χ4n) is 3.59. The molecule has 1 aliphatic rings. The number of ketones is 1. The summed E-state index contributed by atoms with van der Waals surface area (Å²) in [5.74, 6) is 0.0131. The van der Waals surface area contributed by atoms with Crippen LogP contribution in [-0.2, 0) is 11.3 Å². The first-order valence-corrected chi connectivity index (χ1v) is 10.4. The number of thiophene rings is 1. The molecule has 0 radical (unpaired) electrons. The molecule has 5 nitrogen and oxygen atoms in total. The van der Waals surface area contributed by atoms with E-state index in [2.05, 4.69) is 21.6 Å². The van der Waals surface area contributed by atoms with E-state index in [9.17, 15) is 9.90 Å². The number of ether oxygens (including phenoxy) is 1. The lowest BCUT2D eigenvalue weighted by Crippen LogP contribution is -2.41. The van der Waals surface area contributed by atoms with Gasteiger partial charge in [-0.3, -0.25) is 9.69 Å². The third-order valence-corrected chi connectivity index (χ3v) is 5.86. The van der Waals surface area contributed by atoms with E-state index < -0.39 is 6.10 Å². The van der Waals surface area contributed by atoms with Gasteiger partial charge >= 0.3 is 0 Å². The van der Waals surface area contributed by atoms with Crippen molar-refractivity contribution in [2.75, 3.05) is 32.8 Å². The molecular weight excluding hydrogens is 372 g/mol. The van der Waals surface area contributed by atoms with Crippen LogP contribution >= 0.6 is 11.3 Å². The molecule has 3 heterocycles. The molecule has 28 heavy (non-hydrogen) atoms. The number of nitrogens with zero attached hydrogens (tertiary/aromatic N) is 2. The van der Waals surface area contributed by atoms with Crippen LogP contribution in [0.4, 0.5) is 0 Å². The Bertz CT molecular complexity index is 955. The number of morpholine rings is 1. The molecule has 1 aromatic carbocycles. The maximum atomic E-state index is 12.3. The van der Waals surface area contributed by atoms with Crippen molar-refractivity contribution in [3.05, 3.63) is 64.5 Å². The first-order valence-electron chi connectivity index (χ1n) is 9.52. The van der Waals surface area contributed by atoms with Crippen molar-refractivity contribution < 1.29 is 14.6 Å². The highest BCUT2D eigenvalue weighted by molar-refractivity contribution is 7.12. The summed E-state index contributed by atoms with van der Waals surface area (Å²) in [5.41, 5.74) is 2.05. The van der Waals surface area contributed by atoms with Crippen molar-refractivity contribution in [2.45, 2.75) is 12.6 Å². The average Bonchev–Trinajstić information content (AvgIpc) is 3.36. The number of benzene rings is 1. The molecule has 0 bridgehead atoms. The Morgan fingerprint density at radius 1 is 1.18 bits per heavy atom. The highest BCUT2D eigenvalue weighted by Crippen LogP contribution is 2.23. The van der Waals surface area contributed by atoms with Crippen LogP contribution in [0.15, 0.2) is 54.1 Å². The number of fused-ring (bicyclic) bond motifs is 1. The molecule has 3 aromatic rings. The number of β-amino-alcohol motifs (C(OH)–C–C–N with tert-alkyl or cyclic N) is 1. The van der Waals surface area contributed by atoms with E-state index in [1.807, 2.05) is 41.9 Å². The van der Waals surface area contributed by atoms with Crippen molar-refractivity contribution in [1.82, 2.24) is 9.47 Å². The van der Waals surface area contributed by atoms with Gasteiger partial charge in [-0.25, -0.2) is 0 Å². The molecular formula is C22H24N2O3S. The summed E-state index contributed by atoms with van der Waals surface area (Å²) in [4.78, 5) is 15.3. The summed E-state index contributed by atoms with van der Waals surface area (Å²) in [5, 5.41) is 13.6. The molecule has 0 amide bonds. The van der Waals surface area contributed by atoms with Gasteiger partial charge in [0, 0.05) is 48.8 Å². The molecule has 1 unspecified atom stereocenters. The summed E-state index contributed by atoms with van der Waals surface area (Å²) < 4.78 is 7.45. The topological polar surface area (TPSA) is 54.7 Å². The predicted molar refractivity (Wildman–Crippen MR) is 113 cm³/mol. The average molecular weight is 397 g/mol. The number of allylic oxidation sites excluding steroid dienone is 1. The van der Waals surface area contributed by atoms with Gasteiger partial charge in [-0.05, 0) is 29.7 Å². The standard InChI is InChI=1S/C22H24N2O3S/c25-18(15-23-9-11-27-12-10-23)16-24-14-17(19-4-1-2-5-20(19)24)7-8-21(26)22-6-3-13-28-22/h1-8,13-14,18,25H,9-12,15-16H2/b8-7+. The molecule has 6 heteroatoms. The third-order valence-electron chi connectivity index (χ3n) is 4.98. The van der Waals surface area contributed by atoms with Gasteiger partial charge in [0.1, 0.15) is 0 Å². The number of aliphatic hydroxyl groups is 1. The van der Waals surface area contributed by atoms with Gasteiger partial charge in [0.15, 0.2) is 5.78 Å². The smallest absolute Gasteiger partial charge is 0.195 e. The maximum absolute atomic E-state index is 12.3. The SMILES string of the molecule is O=C(/C=C/c1cn(CC(O)CN2CCOCC2)c2ccccc12)c1cccs1. The van der Waals surface area contributed by atoms with Crippen molar-refractivity contribution in [2.24, 2.45) is 0 Å². The van der Waals surface area contributed by atoms with Crippen molar-refractivity contribution in [3.63, 3.8) is 0 Å². The molecule has 146 valence electrons. The molecule has 0 saturated carbocycles. The predicted octanol–water partition coefficient (Wildman–Crippen LogP) is 3.29. The van der Waals surface area contributed by atoms with E-state index in [1.54, 1.807) is 6.08 Å².